The fourth-order valence-electron chi connectivity index (χ4n) is 2.11. The minimum Gasteiger partial charge on any atom is -0.508 e. The summed E-state index contributed by atoms with van der Waals surface area (Å²) in [7, 11) is 0. The lowest BCUT2D eigenvalue weighted by molar-refractivity contribution is 0.0171. The second-order valence-corrected chi connectivity index (χ2v) is 4.53. The number of Topliss-reactive ketones (excluding diaryl/α,β-unsaturated/α-hetero) is 1. The SMILES string of the molecule is Cc1c(O)cc2c(c1O)C(=O)[C@H](C)[C@@]2(C)O. The Kier molecular flexibility index (Phi) is 2.04. The lowest BCUT2D eigenvalue weighted by Crippen LogP contribution is -2.27. The van der Waals surface area contributed by atoms with Crippen LogP contribution in [0.5, 0.6) is 11.5 Å². The van der Waals surface area contributed by atoms with Crippen molar-refractivity contribution in [2.75, 3.05) is 0 Å². The van der Waals surface area contributed by atoms with Gasteiger partial charge in [-0.3, -0.25) is 4.79 Å². The highest BCUT2D eigenvalue weighted by Gasteiger charge is 2.47. The summed E-state index contributed by atoms with van der Waals surface area (Å²) in [6.45, 7) is 4.64. The number of fused-ring (bicyclic) bond motifs is 1. The van der Waals surface area contributed by atoms with E-state index in [9.17, 15) is 20.1 Å². The number of carbonyl (C=O) groups is 1. The van der Waals surface area contributed by atoms with Crippen molar-refractivity contribution in [3.05, 3.63) is 22.8 Å². The Morgan fingerprint density at radius 2 is 1.94 bits per heavy atom. The van der Waals surface area contributed by atoms with Gasteiger partial charge in [0.05, 0.1) is 17.1 Å². The second kappa shape index (κ2) is 2.98. The van der Waals surface area contributed by atoms with Crippen LogP contribution >= 0.6 is 0 Å². The predicted octanol–water partition coefficient (Wildman–Crippen LogP) is 1.45. The van der Waals surface area contributed by atoms with Gasteiger partial charge in [-0.05, 0) is 19.9 Å². The third kappa shape index (κ3) is 1.10. The molecule has 4 nitrogen and oxygen atoms in total. The van der Waals surface area contributed by atoms with Crippen LogP contribution in [0.15, 0.2) is 6.07 Å². The van der Waals surface area contributed by atoms with Gasteiger partial charge in [-0.1, -0.05) is 6.92 Å². The molecule has 0 bridgehead atoms. The largest absolute Gasteiger partial charge is 0.508 e. The molecule has 0 aliphatic heterocycles. The first-order valence-corrected chi connectivity index (χ1v) is 5.11. The molecule has 1 aromatic carbocycles. The number of phenols is 2. The molecule has 3 N–H and O–H groups in total. The van der Waals surface area contributed by atoms with Gasteiger partial charge in [-0.2, -0.15) is 0 Å². The molecule has 0 unspecified atom stereocenters. The van der Waals surface area contributed by atoms with Gasteiger partial charge in [0.1, 0.15) is 11.5 Å². The van der Waals surface area contributed by atoms with Gasteiger partial charge in [-0.25, -0.2) is 0 Å². The maximum Gasteiger partial charge on any atom is 0.173 e. The molecule has 1 aliphatic carbocycles. The van der Waals surface area contributed by atoms with E-state index < -0.39 is 11.5 Å². The number of aliphatic hydroxyl groups is 1. The van der Waals surface area contributed by atoms with E-state index in [0.717, 1.165) is 0 Å². The lowest BCUT2D eigenvalue weighted by atomic mass is 9.90. The van der Waals surface area contributed by atoms with E-state index in [0.29, 0.717) is 5.56 Å². The Morgan fingerprint density at radius 1 is 1.38 bits per heavy atom. The van der Waals surface area contributed by atoms with E-state index in [2.05, 4.69) is 0 Å². The summed E-state index contributed by atoms with van der Waals surface area (Å²) in [6.07, 6.45) is 0. The predicted molar refractivity (Wildman–Crippen MR) is 57.6 cm³/mol. The van der Waals surface area contributed by atoms with Gasteiger partial charge in [-0.15, -0.1) is 0 Å². The van der Waals surface area contributed by atoms with Crippen molar-refractivity contribution in [1.82, 2.24) is 0 Å². The van der Waals surface area contributed by atoms with Crippen LogP contribution in [0.25, 0.3) is 0 Å². The number of benzene rings is 1. The average molecular weight is 222 g/mol. The Hall–Kier alpha value is -1.55. The molecule has 1 aliphatic rings. The molecule has 0 spiro atoms. The summed E-state index contributed by atoms with van der Waals surface area (Å²) in [5.41, 5.74) is -0.648. The number of phenolic OH excluding ortho intramolecular Hbond substituents is 2. The van der Waals surface area contributed by atoms with E-state index in [4.69, 9.17) is 0 Å². The Labute approximate surface area is 93.2 Å². The van der Waals surface area contributed by atoms with Crippen LogP contribution in [0.4, 0.5) is 0 Å². The molecule has 2 rings (SSSR count). The average Bonchev–Trinajstić information content (AvgIpc) is 2.37. The van der Waals surface area contributed by atoms with E-state index in [1.165, 1.54) is 19.9 Å². The molecule has 4 heteroatoms. The fraction of sp³-hybridized carbons (Fsp3) is 0.417. The molecule has 0 aromatic heterocycles. The molecule has 0 amide bonds. The summed E-state index contributed by atoms with van der Waals surface area (Å²) >= 11 is 0. The molecule has 0 fully saturated rings. The monoisotopic (exact) mass is 222 g/mol. The van der Waals surface area contributed by atoms with E-state index >= 15 is 0 Å². The van der Waals surface area contributed by atoms with Crippen molar-refractivity contribution in [1.29, 1.82) is 0 Å². The van der Waals surface area contributed by atoms with E-state index in [-0.39, 0.29) is 28.4 Å². The molecule has 86 valence electrons. The minimum atomic E-state index is -1.34. The number of hydrogen-bond donors (Lipinski definition) is 3. The summed E-state index contributed by atoms with van der Waals surface area (Å²) in [5.74, 6) is -1.25. The van der Waals surface area contributed by atoms with Crippen molar-refractivity contribution in [2.45, 2.75) is 26.4 Å². The number of aromatic hydroxyl groups is 2. The minimum absolute atomic E-state index is 0.113. The van der Waals surface area contributed by atoms with Crippen molar-refractivity contribution in [3.8, 4) is 11.5 Å². The zero-order valence-corrected chi connectivity index (χ0v) is 9.40. The zero-order valence-electron chi connectivity index (χ0n) is 9.40. The maximum absolute atomic E-state index is 11.9. The Bertz CT molecular complexity index is 488. The van der Waals surface area contributed by atoms with Gasteiger partial charge in [0, 0.05) is 11.1 Å². The second-order valence-electron chi connectivity index (χ2n) is 4.53. The number of ketones is 1. The van der Waals surface area contributed by atoms with Crippen molar-refractivity contribution in [3.63, 3.8) is 0 Å². The first kappa shape index (κ1) is 11.0. The smallest absolute Gasteiger partial charge is 0.173 e. The molecular weight excluding hydrogens is 208 g/mol. The molecule has 2 atom stereocenters. The number of rotatable bonds is 0. The molecule has 0 radical (unpaired) electrons. The summed E-state index contributed by atoms with van der Waals surface area (Å²) in [4.78, 5) is 11.9. The quantitative estimate of drug-likeness (QED) is 0.620. The van der Waals surface area contributed by atoms with Crippen LogP contribution in [0.3, 0.4) is 0 Å². The molecule has 0 heterocycles. The summed E-state index contributed by atoms with van der Waals surface area (Å²) < 4.78 is 0. The van der Waals surface area contributed by atoms with Gasteiger partial charge in [0.2, 0.25) is 0 Å². The lowest BCUT2D eigenvalue weighted by Gasteiger charge is -2.22. The molecule has 16 heavy (non-hydrogen) atoms. The highest BCUT2D eigenvalue weighted by molar-refractivity contribution is 6.06. The van der Waals surface area contributed by atoms with Gasteiger partial charge in [0.25, 0.3) is 0 Å². The topological polar surface area (TPSA) is 77.8 Å². The van der Waals surface area contributed by atoms with Gasteiger partial charge >= 0.3 is 0 Å². The third-order valence-corrected chi connectivity index (χ3v) is 3.55. The first-order chi connectivity index (χ1) is 7.28. The van der Waals surface area contributed by atoms with E-state index in [1.807, 2.05) is 0 Å². The van der Waals surface area contributed by atoms with Gasteiger partial charge < -0.3 is 15.3 Å². The van der Waals surface area contributed by atoms with Crippen molar-refractivity contribution >= 4 is 5.78 Å². The standard InChI is InChI=1S/C12H14O4/c1-5-8(13)4-7-9(10(5)14)11(15)6(2)12(7,3)16/h4,6,13-14,16H,1-3H3/t6-,12+/m0/s1. The van der Waals surface area contributed by atoms with Crippen LogP contribution < -0.4 is 0 Å². The van der Waals surface area contributed by atoms with Crippen LogP contribution in [0.2, 0.25) is 0 Å². The third-order valence-electron chi connectivity index (χ3n) is 3.55. The molecule has 0 saturated heterocycles. The van der Waals surface area contributed by atoms with Crippen LogP contribution in [-0.4, -0.2) is 21.1 Å². The number of carbonyl (C=O) groups excluding carboxylic acids is 1. The Balaban J connectivity index is 2.83. The Morgan fingerprint density at radius 3 is 2.50 bits per heavy atom. The van der Waals surface area contributed by atoms with E-state index in [1.54, 1.807) is 6.92 Å². The maximum atomic E-state index is 11.9. The highest BCUT2D eigenvalue weighted by atomic mass is 16.3. The molecule has 1 aromatic rings. The first-order valence-electron chi connectivity index (χ1n) is 5.11. The van der Waals surface area contributed by atoms with Crippen LogP contribution in [0.1, 0.15) is 35.3 Å². The van der Waals surface area contributed by atoms with Crippen LogP contribution in [0, 0.1) is 12.8 Å². The van der Waals surface area contributed by atoms with Crippen LogP contribution in [-0.2, 0) is 5.60 Å². The molecule has 0 saturated carbocycles. The van der Waals surface area contributed by atoms with Crippen molar-refractivity contribution < 1.29 is 20.1 Å². The summed E-state index contributed by atoms with van der Waals surface area (Å²) in [6, 6.07) is 1.35. The summed E-state index contributed by atoms with van der Waals surface area (Å²) in [5, 5.41) is 29.6. The fourth-order valence-corrected chi connectivity index (χ4v) is 2.11. The normalized spacial score (nSPS) is 28.2. The van der Waals surface area contributed by atoms with Crippen molar-refractivity contribution in [2.24, 2.45) is 5.92 Å². The highest BCUT2D eigenvalue weighted by Crippen LogP contribution is 2.47. The molecular formula is C12H14O4. The van der Waals surface area contributed by atoms with Gasteiger partial charge in [0.15, 0.2) is 5.78 Å². The zero-order chi connectivity index (χ0) is 12.2. The number of hydrogen-bond acceptors (Lipinski definition) is 4.